The molecule has 0 unspecified atom stereocenters. The smallest absolute Gasteiger partial charge is 0.178 e. The largest absolute Gasteiger partial charge is 0.386 e. The number of nitrogens with one attached hydrogen (secondary N) is 1. The van der Waals surface area contributed by atoms with Crippen molar-refractivity contribution in [3.05, 3.63) is 47.2 Å². The van der Waals surface area contributed by atoms with Gasteiger partial charge in [-0.15, -0.1) is 23.5 Å². The number of nitrogens with zero attached hydrogens (tertiary/aromatic N) is 3. The van der Waals surface area contributed by atoms with Crippen molar-refractivity contribution in [3.63, 3.8) is 0 Å². The Balaban J connectivity index is 1.99. The van der Waals surface area contributed by atoms with E-state index in [0.717, 1.165) is 79.7 Å². The zero-order valence-electron chi connectivity index (χ0n) is 20.3. The molecule has 0 amide bonds. The summed E-state index contributed by atoms with van der Waals surface area (Å²) in [5, 5.41) is 25.9. The first-order chi connectivity index (χ1) is 16.6. The molecule has 0 aromatic heterocycles. The van der Waals surface area contributed by atoms with E-state index in [4.69, 9.17) is 10.7 Å². The summed E-state index contributed by atoms with van der Waals surface area (Å²) in [4.78, 5) is 5.16. The fourth-order valence-corrected chi connectivity index (χ4v) is 9.44. The number of thioether (sulfide) groups is 2. The van der Waals surface area contributed by atoms with Gasteiger partial charge in [-0.25, -0.2) is 4.99 Å². The Labute approximate surface area is 212 Å². The number of aliphatic imine (C=N–C) groups is 1. The summed E-state index contributed by atoms with van der Waals surface area (Å²) in [6.45, 7) is 4.36. The molecule has 1 aromatic carbocycles. The Morgan fingerprint density at radius 2 is 1.68 bits per heavy atom. The number of hydrogen-bond donors (Lipinski definition) is 2. The highest BCUT2D eigenvalue weighted by atomic mass is 32.2. The Bertz CT molecular complexity index is 1030. The Kier molecular flexibility index (Phi) is 7.55. The molecule has 1 aliphatic carbocycles. The zero-order valence-corrected chi connectivity index (χ0v) is 21.9. The Morgan fingerprint density at radius 1 is 1.03 bits per heavy atom. The van der Waals surface area contributed by atoms with Gasteiger partial charge >= 0.3 is 0 Å². The Morgan fingerprint density at radius 3 is 2.26 bits per heavy atom. The lowest BCUT2D eigenvalue weighted by Crippen LogP contribution is -2.62. The predicted molar refractivity (Wildman–Crippen MR) is 143 cm³/mol. The number of nitrogens with two attached hydrogens (primary N) is 1. The van der Waals surface area contributed by atoms with Gasteiger partial charge < -0.3 is 11.1 Å². The summed E-state index contributed by atoms with van der Waals surface area (Å²) in [7, 11) is 0. The number of nitriles is 2. The minimum absolute atomic E-state index is 0.308. The lowest BCUT2D eigenvalue weighted by molar-refractivity contribution is 0.185. The summed E-state index contributed by atoms with van der Waals surface area (Å²) < 4.78 is -0.820. The highest BCUT2D eigenvalue weighted by Gasteiger charge is 2.77. The van der Waals surface area contributed by atoms with Crippen molar-refractivity contribution in [3.8, 4) is 12.1 Å². The number of fused-ring (bicyclic) bond motifs is 2. The fourth-order valence-electron chi connectivity index (χ4n) is 5.77. The number of benzene rings is 1. The molecule has 7 heteroatoms. The topological polar surface area (TPSA) is 98.0 Å². The van der Waals surface area contributed by atoms with Crippen molar-refractivity contribution in [2.75, 3.05) is 11.5 Å². The van der Waals surface area contributed by atoms with Gasteiger partial charge in [-0.05, 0) is 61.2 Å². The summed E-state index contributed by atoms with van der Waals surface area (Å²) in [6, 6.07) is 15.0. The second-order valence-electron chi connectivity index (χ2n) is 9.42. The molecule has 0 bridgehead atoms. The molecule has 4 rings (SSSR count). The number of rotatable bonds is 9. The summed E-state index contributed by atoms with van der Waals surface area (Å²) in [6.07, 6.45) is 8.07. The minimum Gasteiger partial charge on any atom is -0.386 e. The molecule has 0 spiro atoms. The molecule has 0 saturated heterocycles. The number of unbranched alkanes of at least 4 members (excludes halogenated alkanes) is 2. The van der Waals surface area contributed by atoms with Crippen molar-refractivity contribution in [1.29, 1.82) is 10.5 Å². The number of amidine groups is 1. The fraction of sp³-hybridized carbons (Fsp3) is 0.593. The van der Waals surface area contributed by atoms with E-state index in [1.54, 1.807) is 23.5 Å². The van der Waals surface area contributed by atoms with Gasteiger partial charge in [0.25, 0.3) is 0 Å². The quantitative estimate of drug-likeness (QED) is 0.311. The molecular weight excluding hydrogens is 458 g/mol. The minimum atomic E-state index is -1.27. The third kappa shape index (κ3) is 3.55. The van der Waals surface area contributed by atoms with Crippen LogP contribution in [-0.2, 0) is 0 Å². The van der Waals surface area contributed by atoms with Crippen LogP contribution in [0.3, 0.4) is 0 Å². The molecule has 2 heterocycles. The van der Waals surface area contributed by atoms with E-state index in [-0.39, 0.29) is 0 Å². The normalized spacial score (nSPS) is 29.3. The SMILES string of the molecule is CCCCSC1(SCCCC)N=C(N)[C@@]2(C#N)[C@@H](c3ccccc3)NC3=C(CCCC3)[C@@]12C#N. The molecule has 1 aromatic rings. The lowest BCUT2D eigenvalue weighted by Gasteiger charge is -2.54. The summed E-state index contributed by atoms with van der Waals surface area (Å²) in [5.41, 5.74) is 7.62. The van der Waals surface area contributed by atoms with Crippen molar-refractivity contribution < 1.29 is 0 Å². The van der Waals surface area contributed by atoms with E-state index in [0.29, 0.717) is 5.84 Å². The highest BCUT2D eigenvalue weighted by molar-refractivity contribution is 8.18. The van der Waals surface area contributed by atoms with Crippen molar-refractivity contribution in [2.45, 2.75) is 75.5 Å². The third-order valence-corrected chi connectivity index (χ3v) is 10.7. The molecular formula is C27H35N5S2. The van der Waals surface area contributed by atoms with Crippen LogP contribution >= 0.6 is 23.5 Å². The van der Waals surface area contributed by atoms with E-state index in [1.807, 2.05) is 30.3 Å². The van der Waals surface area contributed by atoms with Gasteiger partial charge in [0.05, 0.1) is 18.2 Å². The monoisotopic (exact) mass is 493 g/mol. The molecule has 0 fully saturated rings. The van der Waals surface area contributed by atoms with Crippen molar-refractivity contribution >= 4 is 29.4 Å². The first kappa shape index (κ1) is 25.0. The van der Waals surface area contributed by atoms with E-state index in [1.165, 1.54) is 0 Å². The molecule has 3 aliphatic rings. The molecule has 0 saturated carbocycles. The highest BCUT2D eigenvalue weighted by Crippen LogP contribution is 2.72. The molecule has 3 atom stereocenters. The van der Waals surface area contributed by atoms with Gasteiger partial charge in [0.1, 0.15) is 5.84 Å². The van der Waals surface area contributed by atoms with Crippen LogP contribution in [0.1, 0.15) is 76.8 Å². The molecule has 0 radical (unpaired) electrons. The van der Waals surface area contributed by atoms with E-state index in [2.05, 4.69) is 31.3 Å². The first-order valence-electron chi connectivity index (χ1n) is 12.6. The van der Waals surface area contributed by atoms with Crippen LogP contribution in [0.4, 0.5) is 0 Å². The average molecular weight is 494 g/mol. The second-order valence-corrected chi connectivity index (χ2v) is 12.3. The van der Waals surface area contributed by atoms with Crippen LogP contribution in [0.2, 0.25) is 0 Å². The second kappa shape index (κ2) is 10.3. The maximum atomic E-state index is 11.2. The van der Waals surface area contributed by atoms with Gasteiger partial charge in [-0.3, -0.25) is 0 Å². The van der Waals surface area contributed by atoms with E-state index in [9.17, 15) is 10.5 Å². The van der Waals surface area contributed by atoms with E-state index >= 15 is 0 Å². The molecule has 2 aliphatic heterocycles. The molecule has 3 N–H and O–H groups in total. The molecule has 5 nitrogen and oxygen atoms in total. The first-order valence-corrected chi connectivity index (χ1v) is 14.5. The van der Waals surface area contributed by atoms with Crippen LogP contribution in [0.5, 0.6) is 0 Å². The Hall–Kier alpha value is -2.09. The van der Waals surface area contributed by atoms with Crippen LogP contribution in [-0.4, -0.2) is 21.5 Å². The molecule has 180 valence electrons. The van der Waals surface area contributed by atoms with Crippen molar-refractivity contribution in [1.82, 2.24) is 5.32 Å². The van der Waals surface area contributed by atoms with Gasteiger partial charge in [0, 0.05) is 5.70 Å². The van der Waals surface area contributed by atoms with Gasteiger partial charge in [-0.2, -0.15) is 10.5 Å². The summed E-state index contributed by atoms with van der Waals surface area (Å²) in [5.74, 6) is 2.09. The van der Waals surface area contributed by atoms with Crippen LogP contribution < -0.4 is 11.1 Å². The van der Waals surface area contributed by atoms with Crippen LogP contribution in [0, 0.1) is 33.5 Å². The van der Waals surface area contributed by atoms with E-state index < -0.39 is 21.1 Å². The molecule has 34 heavy (non-hydrogen) atoms. The predicted octanol–water partition coefficient (Wildman–Crippen LogP) is 6.27. The van der Waals surface area contributed by atoms with Crippen LogP contribution in [0.15, 0.2) is 46.6 Å². The third-order valence-electron chi connectivity index (χ3n) is 7.48. The summed E-state index contributed by atoms with van der Waals surface area (Å²) >= 11 is 3.49. The average Bonchev–Trinajstić information content (AvgIpc) is 3.10. The number of hydrogen-bond acceptors (Lipinski definition) is 7. The van der Waals surface area contributed by atoms with Gasteiger partial charge in [0.15, 0.2) is 15.0 Å². The van der Waals surface area contributed by atoms with Gasteiger partial charge in [-0.1, -0.05) is 57.0 Å². The van der Waals surface area contributed by atoms with Gasteiger partial charge in [0.2, 0.25) is 0 Å². The van der Waals surface area contributed by atoms with Crippen molar-refractivity contribution in [2.24, 2.45) is 21.6 Å². The van der Waals surface area contributed by atoms with Crippen LogP contribution in [0.25, 0.3) is 0 Å². The zero-order chi connectivity index (χ0) is 24.2. The standard InChI is InChI=1S/C27H35N5S2/c1-3-5-16-33-27(34-17-6-4-2)26(19-29)21-14-10-11-15-22(21)31-23(20-12-8-7-9-13-20)25(26,18-28)24(30)32-27/h7-9,12-13,23,31H,3-6,10-11,14-17H2,1-2H3,(H2,30,32)/t23-,25-,26-/m1/s1. The maximum absolute atomic E-state index is 11.2. The maximum Gasteiger partial charge on any atom is 0.178 e. The number of allylic oxidation sites excluding steroid dienone is 1. The lowest BCUT2D eigenvalue weighted by atomic mass is 9.53.